The summed E-state index contributed by atoms with van der Waals surface area (Å²) in [6.45, 7) is 3.16. The van der Waals surface area contributed by atoms with Gasteiger partial charge in [0.15, 0.2) is 0 Å². The van der Waals surface area contributed by atoms with E-state index in [1.165, 1.54) is 50.5 Å². The predicted molar refractivity (Wildman–Crippen MR) is 103 cm³/mol. The molecular formula is C19H33NO4P+. The zero-order chi connectivity index (χ0) is 18.5. The van der Waals surface area contributed by atoms with Crippen LogP contribution in [0.5, 0.6) is 0 Å². The number of aryl methyl sites for hydroxylation is 1. The third-order valence-corrected chi connectivity index (χ3v) is 5.16. The van der Waals surface area contributed by atoms with Crippen molar-refractivity contribution in [2.24, 2.45) is 0 Å². The molecule has 5 nitrogen and oxygen atoms in total. The summed E-state index contributed by atoms with van der Waals surface area (Å²) < 4.78 is 0. The van der Waals surface area contributed by atoms with Gasteiger partial charge in [-0.05, 0) is 24.0 Å². The second kappa shape index (κ2) is 12.5. The first-order valence-corrected chi connectivity index (χ1v) is 11.0. The first-order valence-electron chi connectivity index (χ1n) is 9.32. The summed E-state index contributed by atoms with van der Waals surface area (Å²) in [4.78, 5) is 37.6. The van der Waals surface area contributed by atoms with Gasteiger partial charge in [0.25, 0.3) is 0 Å². The Balaban J connectivity index is 2.14. The van der Waals surface area contributed by atoms with E-state index in [2.05, 4.69) is 36.5 Å². The van der Waals surface area contributed by atoms with Gasteiger partial charge in [-0.3, -0.25) is 0 Å². The summed E-state index contributed by atoms with van der Waals surface area (Å²) in [5.41, 5.74) is 1.57. The van der Waals surface area contributed by atoms with Gasteiger partial charge in [0.2, 0.25) is 0 Å². The highest BCUT2D eigenvalue weighted by atomic mass is 31.2. The van der Waals surface area contributed by atoms with Crippen LogP contribution in [0.3, 0.4) is 0 Å². The van der Waals surface area contributed by atoms with Crippen molar-refractivity contribution < 1.29 is 19.5 Å². The van der Waals surface area contributed by atoms with Crippen molar-refractivity contribution in [1.82, 2.24) is 5.32 Å². The molecule has 0 aromatic heterocycles. The summed E-state index contributed by atoms with van der Waals surface area (Å²) in [5.74, 6) is 0. The number of hydrogen-bond acceptors (Lipinski definition) is 5. The number of hydrogen-bond donors (Lipinski definition) is 4. The molecule has 0 saturated carbocycles. The number of carbonyl (C=O) groups excluding carboxylic acids is 1. The van der Waals surface area contributed by atoms with Crippen LogP contribution in [0, 0.1) is 0 Å². The van der Waals surface area contributed by atoms with Gasteiger partial charge in [-0.2, -0.15) is 14.7 Å². The standard InChI is InChI=1S/C19H33NO4P/c1-2-3-4-5-6-7-8-9-17-10-12-18(13-11-17)16-20-15-14-19(21)25(22,23)24/h10-13,20,22-24H,2-9,14-16H2,1H3/q+1. The van der Waals surface area contributed by atoms with Crippen molar-refractivity contribution in [2.75, 3.05) is 6.54 Å². The van der Waals surface area contributed by atoms with Gasteiger partial charge in [0.1, 0.15) is 0 Å². The van der Waals surface area contributed by atoms with E-state index in [1.54, 1.807) is 0 Å². The van der Waals surface area contributed by atoms with Crippen molar-refractivity contribution in [3.8, 4) is 0 Å². The second-order valence-electron chi connectivity index (χ2n) is 6.58. The van der Waals surface area contributed by atoms with E-state index in [-0.39, 0.29) is 6.42 Å². The third-order valence-electron chi connectivity index (χ3n) is 4.27. The molecule has 0 fully saturated rings. The van der Waals surface area contributed by atoms with Gasteiger partial charge in [-0.15, -0.1) is 0 Å². The normalized spacial score (nSPS) is 11.7. The predicted octanol–water partition coefficient (Wildman–Crippen LogP) is 3.73. The fraction of sp³-hybridized carbons (Fsp3) is 0.632. The number of nitrogens with one attached hydrogen (secondary N) is 1. The second-order valence-corrected chi connectivity index (χ2v) is 8.21. The summed E-state index contributed by atoms with van der Waals surface area (Å²) in [5, 5.41) is 3.06. The van der Waals surface area contributed by atoms with Crippen molar-refractivity contribution in [1.29, 1.82) is 0 Å². The van der Waals surface area contributed by atoms with Crippen LogP contribution in [0.4, 0.5) is 0 Å². The van der Waals surface area contributed by atoms with Gasteiger partial charge < -0.3 is 5.32 Å². The van der Waals surface area contributed by atoms with E-state index in [0.717, 1.165) is 12.0 Å². The molecule has 0 aliphatic rings. The average molecular weight is 370 g/mol. The van der Waals surface area contributed by atoms with E-state index >= 15 is 0 Å². The lowest BCUT2D eigenvalue weighted by atomic mass is 10.0. The van der Waals surface area contributed by atoms with Crippen LogP contribution < -0.4 is 5.32 Å². The molecule has 0 saturated heterocycles. The molecule has 0 heterocycles. The largest absolute Gasteiger partial charge is 0.478 e. The van der Waals surface area contributed by atoms with Crippen molar-refractivity contribution >= 4 is 13.5 Å². The molecule has 0 amide bonds. The van der Waals surface area contributed by atoms with Gasteiger partial charge in [0, 0.05) is 13.1 Å². The number of rotatable bonds is 14. The van der Waals surface area contributed by atoms with Gasteiger partial charge in [-0.25, -0.2) is 4.79 Å². The molecule has 0 radical (unpaired) electrons. The van der Waals surface area contributed by atoms with Crippen LogP contribution in [0.15, 0.2) is 24.3 Å². The Morgan fingerprint density at radius 1 is 0.920 bits per heavy atom. The molecule has 0 aliphatic heterocycles. The molecule has 25 heavy (non-hydrogen) atoms. The van der Waals surface area contributed by atoms with E-state index < -0.39 is 13.5 Å². The van der Waals surface area contributed by atoms with Crippen LogP contribution in [-0.2, 0) is 17.8 Å². The monoisotopic (exact) mass is 370 g/mol. The first kappa shape index (κ1) is 22.2. The fourth-order valence-electron chi connectivity index (χ4n) is 2.69. The molecule has 6 heteroatoms. The minimum absolute atomic E-state index is 0.0897. The molecule has 142 valence electrons. The summed E-state index contributed by atoms with van der Waals surface area (Å²) in [6, 6.07) is 8.44. The quantitative estimate of drug-likeness (QED) is 0.296. The smallest absolute Gasteiger partial charge is 0.312 e. The molecule has 0 unspecified atom stereocenters. The van der Waals surface area contributed by atoms with E-state index in [9.17, 15) is 4.79 Å². The minimum atomic E-state index is -4.33. The molecule has 0 atom stereocenters. The highest BCUT2D eigenvalue weighted by molar-refractivity contribution is 7.76. The Kier molecular flexibility index (Phi) is 11.1. The van der Waals surface area contributed by atoms with Crippen LogP contribution in [0.25, 0.3) is 0 Å². The summed E-state index contributed by atoms with van der Waals surface area (Å²) >= 11 is 0. The maximum atomic E-state index is 11.2. The minimum Gasteiger partial charge on any atom is -0.312 e. The fourth-order valence-corrected chi connectivity index (χ4v) is 3.10. The molecule has 4 N–H and O–H groups in total. The topological polar surface area (TPSA) is 89.8 Å². The van der Waals surface area contributed by atoms with Crippen molar-refractivity contribution in [2.45, 2.75) is 71.3 Å². The average Bonchev–Trinajstić information content (AvgIpc) is 2.58. The molecular weight excluding hydrogens is 337 g/mol. The van der Waals surface area contributed by atoms with Crippen LogP contribution in [0.2, 0.25) is 0 Å². The zero-order valence-corrected chi connectivity index (χ0v) is 16.2. The summed E-state index contributed by atoms with van der Waals surface area (Å²) in [6.07, 6.45) is 10.3. The first-order chi connectivity index (χ1) is 11.9. The van der Waals surface area contributed by atoms with E-state index in [0.29, 0.717) is 13.1 Å². The number of carbonyl (C=O) groups is 1. The van der Waals surface area contributed by atoms with Crippen LogP contribution in [-0.4, -0.2) is 26.7 Å². The molecule has 0 aliphatic carbocycles. The molecule has 1 rings (SSSR count). The Morgan fingerprint density at radius 3 is 2.08 bits per heavy atom. The maximum absolute atomic E-state index is 11.2. The van der Waals surface area contributed by atoms with Gasteiger partial charge in [-0.1, -0.05) is 69.7 Å². The van der Waals surface area contributed by atoms with Crippen molar-refractivity contribution in [3.63, 3.8) is 0 Å². The molecule has 0 bridgehead atoms. The Labute approximate surface area is 152 Å². The zero-order valence-electron chi connectivity index (χ0n) is 15.3. The molecule has 1 aromatic rings. The van der Waals surface area contributed by atoms with Gasteiger partial charge in [0.05, 0.1) is 6.42 Å². The Bertz CT molecular complexity index is 485. The lowest BCUT2D eigenvalue weighted by molar-refractivity contribution is -0.114. The SMILES string of the molecule is CCCCCCCCCc1ccc(CNCCC(=O)[P+](O)(O)O)cc1. The highest BCUT2D eigenvalue weighted by Crippen LogP contribution is 2.46. The third kappa shape index (κ3) is 10.7. The Hall–Kier alpha value is -0.840. The van der Waals surface area contributed by atoms with Crippen molar-refractivity contribution in [3.05, 3.63) is 35.4 Å². The van der Waals surface area contributed by atoms with Gasteiger partial charge >= 0.3 is 13.5 Å². The lowest BCUT2D eigenvalue weighted by Crippen LogP contribution is -2.19. The Morgan fingerprint density at radius 2 is 1.48 bits per heavy atom. The highest BCUT2D eigenvalue weighted by Gasteiger charge is 2.41. The molecule has 1 aromatic carbocycles. The van der Waals surface area contributed by atoms with Crippen LogP contribution >= 0.6 is 7.94 Å². The van der Waals surface area contributed by atoms with E-state index in [1.807, 2.05) is 0 Å². The number of benzene rings is 1. The molecule has 0 spiro atoms. The van der Waals surface area contributed by atoms with E-state index in [4.69, 9.17) is 14.7 Å². The number of unbranched alkanes of at least 4 members (excludes halogenated alkanes) is 6. The lowest BCUT2D eigenvalue weighted by Gasteiger charge is -2.07. The maximum Gasteiger partial charge on any atom is 0.478 e. The van der Waals surface area contributed by atoms with Crippen LogP contribution in [0.1, 0.15) is 69.4 Å². The summed E-state index contributed by atoms with van der Waals surface area (Å²) in [7, 11) is -4.33.